The average molecular weight is 251 g/mol. The van der Waals surface area contributed by atoms with Crippen LogP contribution in [0.1, 0.15) is 46.6 Å². The Morgan fingerprint density at radius 1 is 1.06 bits per heavy atom. The van der Waals surface area contributed by atoms with Gasteiger partial charge in [-0.15, -0.1) is 0 Å². The average Bonchev–Trinajstić information content (AvgIpc) is 2.17. The van der Waals surface area contributed by atoms with E-state index >= 15 is 0 Å². The first-order valence-electron chi connectivity index (χ1n) is 6.36. The summed E-state index contributed by atoms with van der Waals surface area (Å²) in [5.74, 6) is -0.0977. The van der Waals surface area contributed by atoms with Gasteiger partial charge in [-0.1, -0.05) is 32.9 Å². The third-order valence-corrected chi connectivity index (χ3v) is 2.83. The lowest BCUT2D eigenvalue weighted by Gasteiger charge is -2.33. The van der Waals surface area contributed by atoms with Crippen molar-refractivity contribution in [2.75, 3.05) is 0 Å². The van der Waals surface area contributed by atoms with Crippen LogP contribution in [0.3, 0.4) is 0 Å². The third kappa shape index (κ3) is 4.57. The maximum absolute atomic E-state index is 9.74. The molecule has 0 bridgehead atoms. The lowest BCUT2D eigenvalue weighted by molar-refractivity contribution is 0.240. The predicted octanol–water partition coefficient (Wildman–Crippen LogP) is 3.40. The zero-order chi connectivity index (χ0) is 14.0. The summed E-state index contributed by atoms with van der Waals surface area (Å²) in [4.78, 5) is 0. The van der Waals surface area contributed by atoms with Crippen molar-refractivity contribution in [2.24, 2.45) is 5.41 Å². The molecule has 0 saturated carbocycles. The van der Waals surface area contributed by atoms with Crippen LogP contribution in [-0.4, -0.2) is 15.8 Å². The van der Waals surface area contributed by atoms with Crippen molar-refractivity contribution in [2.45, 2.75) is 53.1 Å². The molecular weight excluding hydrogens is 226 g/mol. The van der Waals surface area contributed by atoms with Crippen LogP contribution in [0, 0.1) is 5.41 Å². The molecule has 3 heteroatoms. The first kappa shape index (κ1) is 14.8. The minimum Gasteiger partial charge on any atom is -0.504 e. The lowest BCUT2D eigenvalue weighted by Crippen LogP contribution is -2.41. The zero-order valence-electron chi connectivity index (χ0n) is 12.0. The fourth-order valence-electron chi connectivity index (χ4n) is 2.44. The van der Waals surface area contributed by atoms with E-state index in [2.05, 4.69) is 39.9 Å². The van der Waals surface area contributed by atoms with E-state index in [1.807, 2.05) is 6.07 Å². The smallest absolute Gasteiger partial charge is 0.161 e. The second-order valence-electron chi connectivity index (χ2n) is 6.76. The van der Waals surface area contributed by atoms with Gasteiger partial charge in [0.25, 0.3) is 0 Å². The van der Waals surface area contributed by atoms with Crippen molar-refractivity contribution >= 4 is 0 Å². The molecule has 102 valence electrons. The Labute approximate surface area is 110 Å². The van der Waals surface area contributed by atoms with Crippen LogP contribution in [0.2, 0.25) is 0 Å². The molecule has 0 heterocycles. The van der Waals surface area contributed by atoms with Gasteiger partial charge >= 0.3 is 0 Å². The quantitative estimate of drug-likeness (QED) is 0.719. The van der Waals surface area contributed by atoms with Crippen molar-refractivity contribution in [3.8, 4) is 11.5 Å². The molecule has 0 amide bonds. The summed E-state index contributed by atoms with van der Waals surface area (Å²) in [6, 6.07) is 5.04. The van der Waals surface area contributed by atoms with Crippen molar-refractivity contribution in [1.82, 2.24) is 5.32 Å². The highest BCUT2D eigenvalue weighted by Crippen LogP contribution is 2.30. The summed E-state index contributed by atoms with van der Waals surface area (Å²) in [6.07, 6.45) is 1.03. The van der Waals surface area contributed by atoms with E-state index in [0.29, 0.717) is 6.54 Å². The number of nitrogens with one attached hydrogen (secondary N) is 1. The van der Waals surface area contributed by atoms with E-state index in [-0.39, 0.29) is 22.5 Å². The summed E-state index contributed by atoms with van der Waals surface area (Å²) in [5.41, 5.74) is 0.949. The van der Waals surface area contributed by atoms with Crippen LogP contribution in [0.25, 0.3) is 0 Å². The predicted molar refractivity (Wildman–Crippen MR) is 74.8 cm³/mol. The van der Waals surface area contributed by atoms with E-state index in [0.717, 1.165) is 12.0 Å². The van der Waals surface area contributed by atoms with E-state index in [4.69, 9.17) is 0 Å². The number of aromatic hydroxyl groups is 2. The zero-order valence-corrected chi connectivity index (χ0v) is 12.0. The van der Waals surface area contributed by atoms with Crippen molar-refractivity contribution < 1.29 is 10.2 Å². The van der Waals surface area contributed by atoms with Crippen LogP contribution in [0.5, 0.6) is 11.5 Å². The molecule has 0 fully saturated rings. The van der Waals surface area contributed by atoms with Gasteiger partial charge in [0.15, 0.2) is 11.5 Å². The van der Waals surface area contributed by atoms with Crippen LogP contribution in [-0.2, 0) is 6.54 Å². The molecule has 1 aromatic carbocycles. The van der Waals surface area contributed by atoms with Gasteiger partial charge in [-0.2, -0.15) is 0 Å². The number of rotatable bonds is 4. The minimum absolute atomic E-state index is 0.0177. The summed E-state index contributed by atoms with van der Waals surface area (Å²) < 4.78 is 0. The molecule has 3 nitrogen and oxygen atoms in total. The second kappa shape index (κ2) is 5.19. The lowest BCUT2D eigenvalue weighted by atomic mass is 9.82. The molecule has 0 aliphatic rings. The van der Waals surface area contributed by atoms with Gasteiger partial charge in [0.05, 0.1) is 0 Å². The van der Waals surface area contributed by atoms with E-state index in [9.17, 15) is 10.2 Å². The van der Waals surface area contributed by atoms with Gasteiger partial charge in [-0.25, -0.2) is 0 Å². The molecule has 18 heavy (non-hydrogen) atoms. The molecule has 1 aromatic rings. The standard InChI is InChI=1S/C15H25NO2/c1-14(2,3)10-15(4,5)16-9-11-7-6-8-12(17)13(11)18/h6-8,16-18H,9-10H2,1-5H3. The summed E-state index contributed by atoms with van der Waals surface area (Å²) >= 11 is 0. The number of benzene rings is 1. The maximum Gasteiger partial charge on any atom is 0.161 e. The van der Waals surface area contributed by atoms with Gasteiger partial charge < -0.3 is 15.5 Å². The van der Waals surface area contributed by atoms with E-state index < -0.39 is 0 Å². The number of hydrogen-bond acceptors (Lipinski definition) is 3. The highest BCUT2D eigenvalue weighted by Gasteiger charge is 2.25. The normalized spacial score (nSPS) is 12.7. The van der Waals surface area contributed by atoms with Gasteiger partial charge in [-0.05, 0) is 31.7 Å². The largest absolute Gasteiger partial charge is 0.504 e. The van der Waals surface area contributed by atoms with Crippen molar-refractivity contribution in [3.63, 3.8) is 0 Å². The van der Waals surface area contributed by atoms with Gasteiger partial charge in [0.2, 0.25) is 0 Å². The van der Waals surface area contributed by atoms with Gasteiger partial charge in [0, 0.05) is 17.6 Å². The highest BCUT2D eigenvalue weighted by molar-refractivity contribution is 5.44. The molecule has 0 atom stereocenters. The van der Waals surface area contributed by atoms with Crippen LogP contribution >= 0.6 is 0 Å². The van der Waals surface area contributed by atoms with Crippen molar-refractivity contribution in [1.29, 1.82) is 0 Å². The second-order valence-corrected chi connectivity index (χ2v) is 6.76. The van der Waals surface area contributed by atoms with Crippen LogP contribution < -0.4 is 5.32 Å². The van der Waals surface area contributed by atoms with Crippen molar-refractivity contribution in [3.05, 3.63) is 23.8 Å². The first-order chi connectivity index (χ1) is 8.11. The monoisotopic (exact) mass is 251 g/mol. The molecule has 0 aromatic heterocycles. The topological polar surface area (TPSA) is 52.5 Å². The Bertz CT molecular complexity index is 405. The fraction of sp³-hybridized carbons (Fsp3) is 0.600. The molecule has 0 saturated heterocycles. The Kier molecular flexibility index (Phi) is 4.28. The SMILES string of the molecule is CC(C)(C)CC(C)(C)NCc1cccc(O)c1O. The number of para-hydroxylation sites is 1. The Morgan fingerprint density at radius 3 is 2.22 bits per heavy atom. The molecular formula is C15H25NO2. The molecule has 0 radical (unpaired) electrons. The number of phenols is 2. The minimum atomic E-state index is -0.0667. The third-order valence-electron chi connectivity index (χ3n) is 2.83. The Balaban J connectivity index is 2.67. The maximum atomic E-state index is 9.74. The molecule has 1 rings (SSSR count). The molecule has 0 unspecified atom stereocenters. The molecule has 3 N–H and O–H groups in total. The number of hydrogen-bond donors (Lipinski definition) is 3. The Hall–Kier alpha value is -1.22. The fourth-order valence-corrected chi connectivity index (χ4v) is 2.44. The molecule has 0 spiro atoms. The number of phenolic OH excluding ortho intramolecular Hbond substituents is 2. The van der Waals surface area contributed by atoms with Gasteiger partial charge in [-0.3, -0.25) is 0 Å². The van der Waals surface area contributed by atoms with Crippen LogP contribution in [0.15, 0.2) is 18.2 Å². The summed E-state index contributed by atoms with van der Waals surface area (Å²) in [6.45, 7) is 11.5. The van der Waals surface area contributed by atoms with E-state index in [1.54, 1.807) is 6.07 Å². The van der Waals surface area contributed by atoms with Crippen LogP contribution in [0.4, 0.5) is 0 Å². The Morgan fingerprint density at radius 2 is 1.67 bits per heavy atom. The highest BCUT2D eigenvalue weighted by atomic mass is 16.3. The molecule has 0 aliphatic heterocycles. The summed E-state index contributed by atoms with van der Waals surface area (Å²) in [5, 5.41) is 22.6. The summed E-state index contributed by atoms with van der Waals surface area (Å²) in [7, 11) is 0. The van der Waals surface area contributed by atoms with Gasteiger partial charge in [0.1, 0.15) is 0 Å². The molecule has 0 aliphatic carbocycles. The first-order valence-corrected chi connectivity index (χ1v) is 6.36. The van der Waals surface area contributed by atoms with E-state index in [1.165, 1.54) is 6.07 Å².